The van der Waals surface area contributed by atoms with E-state index in [0.29, 0.717) is 29.9 Å². The predicted molar refractivity (Wildman–Crippen MR) is 45.0 cm³/mol. The lowest BCUT2D eigenvalue weighted by Gasteiger charge is -2.30. The van der Waals surface area contributed by atoms with E-state index in [9.17, 15) is 8.42 Å². The van der Waals surface area contributed by atoms with E-state index in [0.717, 1.165) is 6.42 Å². The lowest BCUT2D eigenvalue weighted by atomic mass is 9.94. The summed E-state index contributed by atoms with van der Waals surface area (Å²) < 4.78 is 21.5. The molecule has 0 radical (unpaired) electrons. The average Bonchev–Trinajstić information content (AvgIpc) is 1.83. The molecule has 3 nitrogen and oxygen atoms in total. The van der Waals surface area contributed by atoms with Crippen LogP contribution in [0.2, 0.25) is 0 Å². The van der Waals surface area contributed by atoms with Gasteiger partial charge in [-0.15, -0.1) is 0 Å². The normalized spacial score (nSPS) is 26.0. The maximum atomic E-state index is 10.8. The Bertz CT molecular complexity index is 211. The van der Waals surface area contributed by atoms with E-state index in [-0.39, 0.29) is 0 Å². The van der Waals surface area contributed by atoms with Crippen molar-refractivity contribution in [3.05, 3.63) is 0 Å². The molecule has 0 spiro atoms. The maximum Gasteiger partial charge on any atom is 0.150 e. The van der Waals surface area contributed by atoms with Gasteiger partial charge >= 0.3 is 0 Å². The Morgan fingerprint density at radius 2 is 2.09 bits per heavy atom. The Labute approximate surface area is 67.9 Å². The van der Waals surface area contributed by atoms with Crippen molar-refractivity contribution >= 4 is 9.84 Å². The summed E-state index contributed by atoms with van der Waals surface area (Å²) in [5.74, 6) is 1.62. The van der Waals surface area contributed by atoms with Gasteiger partial charge in [-0.05, 0) is 24.8 Å². The molecule has 66 valence electrons. The van der Waals surface area contributed by atoms with Crippen molar-refractivity contribution in [1.82, 2.24) is 0 Å². The molecule has 1 unspecified atom stereocenters. The van der Waals surface area contributed by atoms with Crippen LogP contribution in [0.15, 0.2) is 0 Å². The van der Waals surface area contributed by atoms with Gasteiger partial charge in [0.15, 0.2) is 9.84 Å². The van der Waals surface area contributed by atoms with E-state index in [4.69, 9.17) is 5.73 Å². The minimum atomic E-state index is -2.63. The molecule has 1 aliphatic rings. The third-order valence-corrected chi connectivity index (χ3v) is 4.23. The minimum absolute atomic E-state index is 0.378. The van der Waals surface area contributed by atoms with Gasteiger partial charge in [-0.25, -0.2) is 8.42 Å². The first kappa shape index (κ1) is 9.00. The van der Waals surface area contributed by atoms with E-state index in [1.54, 1.807) is 0 Å². The van der Waals surface area contributed by atoms with Gasteiger partial charge in [0, 0.05) is 0 Å². The molecule has 11 heavy (non-hydrogen) atoms. The molecule has 1 heterocycles. The highest BCUT2D eigenvalue weighted by Crippen LogP contribution is 2.27. The summed E-state index contributed by atoms with van der Waals surface area (Å²) >= 11 is 0. The number of nitrogens with two attached hydrogens (primary N) is 1. The summed E-state index contributed by atoms with van der Waals surface area (Å²) in [6, 6.07) is 0. The summed E-state index contributed by atoms with van der Waals surface area (Å²) in [6.07, 6.45) is 0.945. The Morgan fingerprint density at radius 3 is 2.45 bits per heavy atom. The fourth-order valence-corrected chi connectivity index (χ4v) is 3.29. The molecule has 1 fully saturated rings. The Morgan fingerprint density at radius 1 is 1.55 bits per heavy atom. The monoisotopic (exact) mass is 177 g/mol. The van der Waals surface area contributed by atoms with Crippen LogP contribution in [0, 0.1) is 11.8 Å². The van der Waals surface area contributed by atoms with Crippen LogP contribution in [0.1, 0.15) is 13.3 Å². The van der Waals surface area contributed by atoms with Crippen molar-refractivity contribution in [3.63, 3.8) is 0 Å². The first-order valence-corrected chi connectivity index (χ1v) is 5.78. The van der Waals surface area contributed by atoms with Crippen molar-refractivity contribution in [3.8, 4) is 0 Å². The molecule has 0 aliphatic carbocycles. The first-order valence-electron chi connectivity index (χ1n) is 3.95. The zero-order chi connectivity index (χ0) is 8.48. The second-order valence-electron chi connectivity index (χ2n) is 3.39. The van der Waals surface area contributed by atoms with Crippen LogP contribution in [0.3, 0.4) is 0 Å². The van der Waals surface area contributed by atoms with Gasteiger partial charge in [0.1, 0.15) is 0 Å². The topological polar surface area (TPSA) is 60.2 Å². The van der Waals surface area contributed by atoms with Gasteiger partial charge in [-0.2, -0.15) is 0 Å². The van der Waals surface area contributed by atoms with Gasteiger partial charge in [0.2, 0.25) is 0 Å². The van der Waals surface area contributed by atoms with E-state index < -0.39 is 9.84 Å². The summed E-state index contributed by atoms with van der Waals surface area (Å²) in [6.45, 7) is 2.74. The highest BCUT2D eigenvalue weighted by molar-refractivity contribution is 7.92. The Balaban J connectivity index is 2.32. The zero-order valence-electron chi connectivity index (χ0n) is 6.79. The number of hydrogen-bond donors (Lipinski definition) is 1. The number of hydrogen-bond acceptors (Lipinski definition) is 3. The van der Waals surface area contributed by atoms with Crippen LogP contribution in [-0.2, 0) is 9.84 Å². The molecular weight excluding hydrogens is 162 g/mol. The average molecular weight is 177 g/mol. The Kier molecular flexibility index (Phi) is 2.54. The summed E-state index contributed by atoms with van der Waals surface area (Å²) in [5, 5.41) is 0. The lowest BCUT2D eigenvalue weighted by molar-refractivity contribution is 0.371. The van der Waals surface area contributed by atoms with E-state index in [1.807, 2.05) is 0 Å². The second-order valence-corrected chi connectivity index (χ2v) is 5.55. The molecule has 1 aliphatic heterocycles. The molecule has 0 saturated carbocycles. The molecule has 1 saturated heterocycles. The molecule has 1 atom stereocenters. The van der Waals surface area contributed by atoms with Crippen molar-refractivity contribution < 1.29 is 8.42 Å². The van der Waals surface area contributed by atoms with Crippen LogP contribution in [0.4, 0.5) is 0 Å². The molecule has 1 rings (SSSR count). The molecule has 0 aromatic rings. The SMILES string of the molecule is CC(CCN)C1CS(=O)(=O)C1. The minimum Gasteiger partial charge on any atom is -0.330 e. The molecular formula is C7H15NO2S. The fourth-order valence-electron chi connectivity index (χ4n) is 1.43. The van der Waals surface area contributed by atoms with Crippen molar-refractivity contribution in [2.24, 2.45) is 17.6 Å². The highest BCUT2D eigenvalue weighted by atomic mass is 32.2. The van der Waals surface area contributed by atoms with E-state index in [2.05, 4.69) is 6.92 Å². The van der Waals surface area contributed by atoms with Gasteiger partial charge < -0.3 is 5.73 Å². The van der Waals surface area contributed by atoms with Gasteiger partial charge in [-0.1, -0.05) is 6.92 Å². The van der Waals surface area contributed by atoms with Crippen molar-refractivity contribution in [2.75, 3.05) is 18.1 Å². The molecule has 0 aromatic carbocycles. The standard InChI is InChI=1S/C7H15NO2S/c1-6(2-3-8)7-4-11(9,10)5-7/h6-7H,2-5,8H2,1H3. The fraction of sp³-hybridized carbons (Fsp3) is 1.00. The maximum absolute atomic E-state index is 10.8. The Hall–Kier alpha value is -0.0900. The lowest BCUT2D eigenvalue weighted by Crippen LogP contribution is -2.40. The van der Waals surface area contributed by atoms with Crippen LogP contribution >= 0.6 is 0 Å². The molecule has 0 aromatic heterocycles. The highest BCUT2D eigenvalue weighted by Gasteiger charge is 2.36. The number of sulfone groups is 1. The molecule has 0 bridgehead atoms. The second kappa shape index (κ2) is 3.11. The molecule has 2 N–H and O–H groups in total. The summed E-state index contributed by atoms with van der Waals surface area (Å²) in [4.78, 5) is 0. The third-order valence-electron chi connectivity index (χ3n) is 2.36. The third kappa shape index (κ3) is 2.17. The smallest absolute Gasteiger partial charge is 0.150 e. The van der Waals surface area contributed by atoms with Gasteiger partial charge in [0.25, 0.3) is 0 Å². The first-order chi connectivity index (χ1) is 5.05. The van der Waals surface area contributed by atoms with Gasteiger partial charge in [0.05, 0.1) is 11.5 Å². The van der Waals surface area contributed by atoms with E-state index >= 15 is 0 Å². The van der Waals surface area contributed by atoms with Crippen LogP contribution in [0.5, 0.6) is 0 Å². The molecule has 0 amide bonds. The summed E-state index contributed by atoms with van der Waals surface area (Å²) in [5.41, 5.74) is 5.36. The van der Waals surface area contributed by atoms with Crippen LogP contribution < -0.4 is 5.73 Å². The van der Waals surface area contributed by atoms with E-state index in [1.165, 1.54) is 0 Å². The summed E-state index contributed by atoms with van der Waals surface area (Å²) in [7, 11) is -2.63. The quantitative estimate of drug-likeness (QED) is 0.661. The van der Waals surface area contributed by atoms with Crippen molar-refractivity contribution in [2.45, 2.75) is 13.3 Å². The molecule has 4 heteroatoms. The largest absolute Gasteiger partial charge is 0.330 e. The van der Waals surface area contributed by atoms with Crippen molar-refractivity contribution in [1.29, 1.82) is 0 Å². The zero-order valence-corrected chi connectivity index (χ0v) is 7.60. The predicted octanol–water partition coefficient (Wildman–Crippen LogP) is 0.0159. The van der Waals surface area contributed by atoms with Crippen LogP contribution in [0.25, 0.3) is 0 Å². The van der Waals surface area contributed by atoms with Gasteiger partial charge in [-0.3, -0.25) is 0 Å². The van der Waals surface area contributed by atoms with Crippen LogP contribution in [-0.4, -0.2) is 26.5 Å². The number of rotatable bonds is 3.